The topological polar surface area (TPSA) is 57.0 Å². The fraction of sp³-hybridized carbons (Fsp3) is 0.400. The summed E-state index contributed by atoms with van der Waals surface area (Å²) >= 11 is 1.35. The number of carbonyl (C=O) groups is 1. The van der Waals surface area contributed by atoms with E-state index in [2.05, 4.69) is 10.2 Å². The smallest absolute Gasteiger partial charge is 0.316 e. The molecule has 0 amide bonds. The van der Waals surface area contributed by atoms with Gasteiger partial charge in [-0.05, 0) is 20.8 Å². The minimum atomic E-state index is -0.234. The summed E-state index contributed by atoms with van der Waals surface area (Å²) in [6, 6.07) is 9.90. The van der Waals surface area contributed by atoms with Crippen molar-refractivity contribution in [3.8, 4) is 11.4 Å². The van der Waals surface area contributed by atoms with E-state index in [1.807, 2.05) is 55.7 Å². The molecule has 2 rings (SSSR count). The molecule has 1 aromatic heterocycles. The van der Waals surface area contributed by atoms with E-state index in [0.29, 0.717) is 0 Å². The molecule has 112 valence electrons. The lowest BCUT2D eigenvalue weighted by molar-refractivity contribution is -0.144. The Balaban J connectivity index is 2.11. The van der Waals surface area contributed by atoms with E-state index < -0.39 is 0 Å². The van der Waals surface area contributed by atoms with Gasteiger partial charge in [-0.3, -0.25) is 4.79 Å². The number of hydrogen-bond acceptors (Lipinski definition) is 5. The molecular formula is C15H19N3O2S. The molecule has 0 radical (unpaired) electrons. The highest BCUT2D eigenvalue weighted by atomic mass is 32.2. The number of benzene rings is 1. The van der Waals surface area contributed by atoms with E-state index in [1.54, 1.807) is 0 Å². The van der Waals surface area contributed by atoms with Gasteiger partial charge in [-0.2, -0.15) is 0 Å². The Morgan fingerprint density at radius 2 is 2.00 bits per heavy atom. The zero-order valence-electron chi connectivity index (χ0n) is 12.4. The van der Waals surface area contributed by atoms with Gasteiger partial charge in [-0.25, -0.2) is 0 Å². The number of thioether (sulfide) groups is 1. The molecule has 1 heterocycles. The predicted octanol–water partition coefficient (Wildman–Crippen LogP) is 3.01. The van der Waals surface area contributed by atoms with Crippen molar-refractivity contribution in [2.24, 2.45) is 0 Å². The number of aromatic nitrogens is 3. The summed E-state index contributed by atoms with van der Waals surface area (Å²) in [5.41, 5.74) is 1.02. The Morgan fingerprint density at radius 1 is 1.29 bits per heavy atom. The lowest BCUT2D eigenvalue weighted by atomic mass is 10.2. The summed E-state index contributed by atoms with van der Waals surface area (Å²) in [6.45, 7) is 6.46. The molecule has 6 heteroatoms. The third kappa shape index (κ3) is 4.07. The van der Waals surface area contributed by atoms with Crippen molar-refractivity contribution in [3.63, 3.8) is 0 Å². The fourth-order valence-electron chi connectivity index (χ4n) is 1.90. The van der Waals surface area contributed by atoms with Crippen LogP contribution in [0.1, 0.15) is 20.8 Å². The second-order valence-corrected chi connectivity index (χ2v) is 5.69. The summed E-state index contributed by atoms with van der Waals surface area (Å²) in [5, 5.41) is 9.15. The van der Waals surface area contributed by atoms with Crippen LogP contribution >= 0.6 is 11.8 Å². The van der Waals surface area contributed by atoms with Crippen LogP contribution in [0.5, 0.6) is 0 Å². The molecule has 0 aliphatic rings. The Hall–Kier alpha value is -1.82. The summed E-state index contributed by atoms with van der Waals surface area (Å²) in [4.78, 5) is 11.6. The molecule has 0 saturated heterocycles. The van der Waals surface area contributed by atoms with Crippen LogP contribution in [0.3, 0.4) is 0 Å². The van der Waals surface area contributed by atoms with Gasteiger partial charge < -0.3 is 9.30 Å². The number of esters is 1. The summed E-state index contributed by atoms with van der Waals surface area (Å²) in [7, 11) is 0. The molecule has 5 nitrogen and oxygen atoms in total. The molecule has 0 bridgehead atoms. The van der Waals surface area contributed by atoms with E-state index in [-0.39, 0.29) is 17.8 Å². The molecule has 1 aromatic carbocycles. The normalized spacial score (nSPS) is 10.9. The van der Waals surface area contributed by atoms with E-state index in [0.717, 1.165) is 23.1 Å². The molecular weight excluding hydrogens is 286 g/mol. The first kappa shape index (κ1) is 15.6. The molecule has 0 N–H and O–H groups in total. The van der Waals surface area contributed by atoms with Gasteiger partial charge in [0.15, 0.2) is 11.0 Å². The molecule has 0 aliphatic heterocycles. The average Bonchev–Trinajstić information content (AvgIpc) is 2.88. The number of nitrogens with zero attached hydrogens (tertiary/aromatic N) is 3. The zero-order valence-corrected chi connectivity index (χ0v) is 13.3. The lowest BCUT2D eigenvalue weighted by Crippen LogP contribution is -2.13. The van der Waals surface area contributed by atoms with Gasteiger partial charge in [0, 0.05) is 12.1 Å². The van der Waals surface area contributed by atoms with Gasteiger partial charge in [0.2, 0.25) is 0 Å². The van der Waals surface area contributed by atoms with Gasteiger partial charge in [0.25, 0.3) is 0 Å². The van der Waals surface area contributed by atoms with Crippen LogP contribution in [0.25, 0.3) is 11.4 Å². The maximum Gasteiger partial charge on any atom is 0.316 e. The first-order valence-corrected chi connectivity index (χ1v) is 7.91. The third-order valence-corrected chi connectivity index (χ3v) is 3.69. The van der Waals surface area contributed by atoms with Crippen LogP contribution < -0.4 is 0 Å². The highest BCUT2D eigenvalue weighted by Crippen LogP contribution is 2.23. The van der Waals surface area contributed by atoms with Crippen LogP contribution in [0.4, 0.5) is 0 Å². The van der Waals surface area contributed by atoms with Crippen molar-refractivity contribution < 1.29 is 9.53 Å². The molecule has 0 atom stereocenters. The average molecular weight is 305 g/mol. The van der Waals surface area contributed by atoms with Gasteiger partial charge in [0.1, 0.15) is 0 Å². The predicted molar refractivity (Wildman–Crippen MR) is 83.1 cm³/mol. The minimum absolute atomic E-state index is 0.0953. The van der Waals surface area contributed by atoms with Gasteiger partial charge in [-0.15, -0.1) is 10.2 Å². The number of rotatable bonds is 6. The Morgan fingerprint density at radius 3 is 2.62 bits per heavy atom. The third-order valence-electron chi connectivity index (χ3n) is 2.75. The van der Waals surface area contributed by atoms with E-state index in [4.69, 9.17) is 4.74 Å². The molecule has 0 fully saturated rings. The van der Waals surface area contributed by atoms with E-state index in [1.165, 1.54) is 11.8 Å². The standard InChI is InChI=1S/C15H19N3O2S/c1-4-18-14(12-8-6-5-7-9-12)16-17-15(18)21-10-13(19)20-11(2)3/h5-9,11H,4,10H2,1-3H3. The van der Waals surface area contributed by atoms with Crippen LogP contribution in [-0.4, -0.2) is 32.6 Å². The van der Waals surface area contributed by atoms with Gasteiger partial charge >= 0.3 is 5.97 Å². The van der Waals surface area contributed by atoms with E-state index >= 15 is 0 Å². The molecule has 0 spiro atoms. The second kappa shape index (κ2) is 7.26. The van der Waals surface area contributed by atoms with Crippen molar-refractivity contribution >= 4 is 17.7 Å². The summed E-state index contributed by atoms with van der Waals surface area (Å²) < 4.78 is 7.12. The molecule has 2 aromatic rings. The number of hydrogen-bond donors (Lipinski definition) is 0. The summed E-state index contributed by atoms with van der Waals surface area (Å²) in [6.07, 6.45) is -0.0953. The first-order chi connectivity index (χ1) is 10.1. The van der Waals surface area contributed by atoms with Gasteiger partial charge in [0.05, 0.1) is 11.9 Å². The maximum absolute atomic E-state index is 11.6. The Bertz CT molecular complexity index is 596. The highest BCUT2D eigenvalue weighted by molar-refractivity contribution is 7.99. The Kier molecular flexibility index (Phi) is 5.38. The van der Waals surface area contributed by atoms with Crippen molar-refractivity contribution in [2.45, 2.75) is 38.6 Å². The largest absolute Gasteiger partial charge is 0.462 e. The first-order valence-electron chi connectivity index (χ1n) is 6.92. The number of ether oxygens (including phenoxy) is 1. The minimum Gasteiger partial charge on any atom is -0.462 e. The van der Waals surface area contributed by atoms with Crippen LogP contribution in [-0.2, 0) is 16.1 Å². The highest BCUT2D eigenvalue weighted by Gasteiger charge is 2.15. The quantitative estimate of drug-likeness (QED) is 0.606. The van der Waals surface area contributed by atoms with Crippen molar-refractivity contribution in [2.75, 3.05) is 5.75 Å². The van der Waals surface area contributed by atoms with Gasteiger partial charge in [-0.1, -0.05) is 42.1 Å². The molecule has 21 heavy (non-hydrogen) atoms. The fourth-order valence-corrected chi connectivity index (χ4v) is 2.69. The van der Waals surface area contributed by atoms with Crippen LogP contribution in [0.15, 0.2) is 35.5 Å². The molecule has 0 unspecified atom stereocenters. The molecule has 0 aliphatic carbocycles. The van der Waals surface area contributed by atoms with Crippen LogP contribution in [0.2, 0.25) is 0 Å². The molecule has 0 saturated carbocycles. The Labute approximate surface area is 128 Å². The van der Waals surface area contributed by atoms with Crippen molar-refractivity contribution in [1.29, 1.82) is 0 Å². The maximum atomic E-state index is 11.6. The van der Waals surface area contributed by atoms with Crippen molar-refractivity contribution in [1.82, 2.24) is 14.8 Å². The van der Waals surface area contributed by atoms with E-state index in [9.17, 15) is 4.79 Å². The summed E-state index contributed by atoms with van der Waals surface area (Å²) in [5.74, 6) is 0.824. The SMILES string of the molecule is CCn1c(SCC(=O)OC(C)C)nnc1-c1ccccc1. The van der Waals surface area contributed by atoms with Crippen molar-refractivity contribution in [3.05, 3.63) is 30.3 Å². The lowest BCUT2D eigenvalue weighted by Gasteiger charge is -2.08. The number of carbonyl (C=O) groups excluding carboxylic acids is 1. The van der Waals surface area contributed by atoms with Crippen LogP contribution in [0, 0.1) is 0 Å². The monoisotopic (exact) mass is 305 g/mol. The second-order valence-electron chi connectivity index (χ2n) is 4.74. The zero-order chi connectivity index (χ0) is 15.2.